The molecule has 1 aromatic carbocycles. The molecule has 0 radical (unpaired) electrons. The lowest BCUT2D eigenvalue weighted by atomic mass is 9.92. The average molecular weight is 331 g/mol. The monoisotopic (exact) mass is 331 g/mol. The minimum Gasteiger partial charge on any atom is -0.353 e. The van der Waals surface area contributed by atoms with Gasteiger partial charge in [-0.3, -0.25) is 9.59 Å². The molecule has 0 bridgehead atoms. The highest BCUT2D eigenvalue weighted by Crippen LogP contribution is 2.25. The Hall–Kier alpha value is -1.88. The molecule has 0 saturated heterocycles. The average Bonchev–Trinajstić information content (AvgIpc) is 2.62. The van der Waals surface area contributed by atoms with Crippen LogP contribution in [-0.2, 0) is 22.6 Å². The molecule has 24 heavy (non-hydrogen) atoms. The maximum Gasteiger partial charge on any atom is 0.243 e. The van der Waals surface area contributed by atoms with Gasteiger partial charge in [-0.2, -0.15) is 0 Å². The summed E-state index contributed by atoms with van der Waals surface area (Å²) in [6.45, 7) is 8.69. The van der Waals surface area contributed by atoms with Crippen molar-refractivity contribution in [2.24, 2.45) is 5.92 Å². The van der Waals surface area contributed by atoms with Crippen LogP contribution in [0.2, 0.25) is 0 Å². The molecule has 2 unspecified atom stereocenters. The van der Waals surface area contributed by atoms with Crippen LogP contribution in [0, 0.1) is 5.92 Å². The van der Waals surface area contributed by atoms with Gasteiger partial charge in [0.15, 0.2) is 0 Å². The van der Waals surface area contributed by atoms with Crippen LogP contribution in [0.4, 0.5) is 0 Å². The van der Waals surface area contributed by atoms with E-state index in [0.717, 1.165) is 30.6 Å². The van der Waals surface area contributed by atoms with Gasteiger partial charge >= 0.3 is 0 Å². The lowest BCUT2D eigenvalue weighted by Gasteiger charge is -2.37. The summed E-state index contributed by atoms with van der Waals surface area (Å²) in [4.78, 5) is 27.2. The first kappa shape index (κ1) is 18.5. The zero-order chi connectivity index (χ0) is 17.5. The first-order valence-corrected chi connectivity index (χ1v) is 8.94. The predicted octanol–water partition coefficient (Wildman–Crippen LogP) is 1.71. The zero-order valence-corrected chi connectivity index (χ0v) is 15.0. The number of benzene rings is 1. The second-order valence-electron chi connectivity index (χ2n) is 6.41. The van der Waals surface area contributed by atoms with Crippen LogP contribution in [0.15, 0.2) is 24.3 Å². The second kappa shape index (κ2) is 8.83. The Morgan fingerprint density at radius 2 is 1.92 bits per heavy atom. The Bertz CT molecular complexity index is 573. The van der Waals surface area contributed by atoms with E-state index in [2.05, 4.69) is 16.7 Å². The van der Waals surface area contributed by atoms with Crippen molar-refractivity contribution in [3.05, 3.63) is 35.4 Å². The molecule has 1 aliphatic heterocycles. The molecule has 2 amide bonds. The van der Waals surface area contributed by atoms with Gasteiger partial charge in [-0.1, -0.05) is 45.0 Å². The van der Waals surface area contributed by atoms with Gasteiger partial charge in [0.1, 0.15) is 6.04 Å². The highest BCUT2D eigenvalue weighted by Gasteiger charge is 2.35. The quantitative estimate of drug-likeness (QED) is 0.748. The van der Waals surface area contributed by atoms with Crippen LogP contribution in [0.3, 0.4) is 0 Å². The Kier molecular flexibility index (Phi) is 6.79. The molecule has 2 atom stereocenters. The van der Waals surface area contributed by atoms with E-state index in [0.29, 0.717) is 19.5 Å². The molecule has 1 aromatic rings. The van der Waals surface area contributed by atoms with Crippen LogP contribution in [0.1, 0.15) is 38.3 Å². The van der Waals surface area contributed by atoms with Crippen molar-refractivity contribution in [2.45, 2.75) is 46.2 Å². The topological polar surface area (TPSA) is 61.4 Å². The minimum atomic E-state index is -0.414. The number of carbonyl (C=O) groups is 2. The molecule has 132 valence electrons. The predicted molar refractivity (Wildman–Crippen MR) is 95.5 cm³/mol. The molecule has 2 rings (SSSR count). The molecule has 2 N–H and O–H groups in total. The number of hydrogen-bond donors (Lipinski definition) is 2. The van der Waals surface area contributed by atoms with E-state index >= 15 is 0 Å². The Morgan fingerprint density at radius 1 is 1.21 bits per heavy atom. The van der Waals surface area contributed by atoms with Crippen molar-refractivity contribution in [1.29, 1.82) is 0 Å². The fourth-order valence-electron chi connectivity index (χ4n) is 3.02. The highest BCUT2D eigenvalue weighted by molar-refractivity contribution is 5.89. The van der Waals surface area contributed by atoms with E-state index < -0.39 is 6.04 Å². The summed E-state index contributed by atoms with van der Waals surface area (Å²) >= 11 is 0. The summed E-state index contributed by atoms with van der Waals surface area (Å²) in [6.07, 6.45) is 1.37. The molecule has 0 saturated carbocycles. The van der Waals surface area contributed by atoms with Gasteiger partial charge < -0.3 is 15.5 Å². The SMILES string of the molecule is CCNCCNC(=O)C1Cc2ccccc2CN1C(=O)C(C)CC. The van der Waals surface area contributed by atoms with Crippen LogP contribution in [0.5, 0.6) is 0 Å². The number of likely N-dealkylation sites (N-methyl/N-ethyl adjacent to an activating group) is 1. The Labute approximate surface area is 144 Å². The summed E-state index contributed by atoms with van der Waals surface area (Å²) in [6, 6.07) is 7.67. The van der Waals surface area contributed by atoms with Gasteiger partial charge in [-0.15, -0.1) is 0 Å². The number of fused-ring (bicyclic) bond motifs is 1. The van der Waals surface area contributed by atoms with E-state index in [-0.39, 0.29) is 17.7 Å². The summed E-state index contributed by atoms with van der Waals surface area (Å²) in [7, 11) is 0. The normalized spacial score (nSPS) is 18.0. The van der Waals surface area contributed by atoms with Gasteiger partial charge in [0.05, 0.1) is 0 Å². The van der Waals surface area contributed by atoms with E-state index in [1.54, 1.807) is 4.90 Å². The summed E-state index contributed by atoms with van der Waals surface area (Å²) in [5.41, 5.74) is 2.31. The molecular formula is C19H29N3O2. The summed E-state index contributed by atoms with van der Waals surface area (Å²) < 4.78 is 0. The van der Waals surface area contributed by atoms with Gasteiger partial charge in [0.25, 0.3) is 0 Å². The first-order chi connectivity index (χ1) is 11.6. The Balaban J connectivity index is 2.14. The van der Waals surface area contributed by atoms with Crippen molar-refractivity contribution in [2.75, 3.05) is 19.6 Å². The number of rotatable bonds is 7. The van der Waals surface area contributed by atoms with Crippen LogP contribution < -0.4 is 10.6 Å². The number of hydrogen-bond acceptors (Lipinski definition) is 3. The lowest BCUT2D eigenvalue weighted by molar-refractivity contribution is -0.144. The van der Waals surface area contributed by atoms with Crippen molar-refractivity contribution in [3.8, 4) is 0 Å². The van der Waals surface area contributed by atoms with Crippen molar-refractivity contribution in [1.82, 2.24) is 15.5 Å². The van der Waals surface area contributed by atoms with Gasteiger partial charge in [0.2, 0.25) is 11.8 Å². The molecular weight excluding hydrogens is 302 g/mol. The zero-order valence-electron chi connectivity index (χ0n) is 15.0. The van der Waals surface area contributed by atoms with Gasteiger partial charge in [-0.05, 0) is 24.1 Å². The van der Waals surface area contributed by atoms with E-state index in [4.69, 9.17) is 0 Å². The van der Waals surface area contributed by atoms with Gasteiger partial charge in [0, 0.05) is 32.0 Å². The molecule has 5 nitrogen and oxygen atoms in total. The van der Waals surface area contributed by atoms with Crippen LogP contribution in [-0.4, -0.2) is 42.4 Å². The van der Waals surface area contributed by atoms with E-state index in [9.17, 15) is 9.59 Å². The lowest BCUT2D eigenvalue weighted by Crippen LogP contribution is -2.54. The molecule has 1 aliphatic rings. The number of amides is 2. The number of carbonyl (C=O) groups excluding carboxylic acids is 2. The number of nitrogens with one attached hydrogen (secondary N) is 2. The van der Waals surface area contributed by atoms with Crippen LogP contribution >= 0.6 is 0 Å². The minimum absolute atomic E-state index is 0.0564. The van der Waals surface area contributed by atoms with E-state index in [1.165, 1.54) is 0 Å². The second-order valence-corrected chi connectivity index (χ2v) is 6.41. The standard InChI is InChI=1S/C19H29N3O2/c1-4-14(3)19(24)22-13-16-9-7-6-8-15(16)12-17(22)18(23)21-11-10-20-5-2/h6-9,14,17,20H,4-5,10-13H2,1-3H3,(H,21,23). The van der Waals surface area contributed by atoms with Crippen molar-refractivity contribution >= 4 is 11.8 Å². The third kappa shape index (κ3) is 4.35. The summed E-state index contributed by atoms with van der Waals surface area (Å²) in [5, 5.41) is 6.15. The molecule has 0 aromatic heterocycles. The smallest absolute Gasteiger partial charge is 0.243 e. The fourth-order valence-corrected chi connectivity index (χ4v) is 3.02. The van der Waals surface area contributed by atoms with Crippen molar-refractivity contribution in [3.63, 3.8) is 0 Å². The molecule has 0 aliphatic carbocycles. The summed E-state index contributed by atoms with van der Waals surface area (Å²) in [5.74, 6) is -0.0507. The Morgan fingerprint density at radius 3 is 2.58 bits per heavy atom. The molecule has 5 heteroatoms. The third-order valence-corrected chi connectivity index (χ3v) is 4.72. The largest absolute Gasteiger partial charge is 0.353 e. The first-order valence-electron chi connectivity index (χ1n) is 8.94. The maximum absolute atomic E-state index is 12.8. The highest BCUT2D eigenvalue weighted by atomic mass is 16.2. The molecule has 1 heterocycles. The van der Waals surface area contributed by atoms with Gasteiger partial charge in [-0.25, -0.2) is 0 Å². The number of nitrogens with zero attached hydrogens (tertiary/aromatic N) is 1. The van der Waals surface area contributed by atoms with Crippen LogP contribution in [0.25, 0.3) is 0 Å². The van der Waals surface area contributed by atoms with Crippen molar-refractivity contribution < 1.29 is 9.59 Å². The maximum atomic E-state index is 12.8. The fraction of sp³-hybridized carbons (Fsp3) is 0.579. The van der Waals surface area contributed by atoms with E-state index in [1.807, 2.05) is 39.0 Å². The third-order valence-electron chi connectivity index (χ3n) is 4.72. The molecule has 0 spiro atoms. The molecule has 0 fully saturated rings.